The summed E-state index contributed by atoms with van der Waals surface area (Å²) in [4.78, 5) is 64.5. The average Bonchev–Trinajstić information content (AvgIpc) is 2.85. The minimum absolute atomic E-state index is 0.185. The molecule has 6 N–H and O–H groups in total. The second kappa shape index (κ2) is 15.0. The van der Waals surface area contributed by atoms with Crippen molar-refractivity contribution in [3.8, 4) is 0 Å². The van der Waals surface area contributed by atoms with Crippen LogP contribution in [0, 0.1) is 5.82 Å². The van der Waals surface area contributed by atoms with E-state index in [2.05, 4.69) is 27.9 Å². The van der Waals surface area contributed by atoms with Crippen LogP contribution in [0.2, 0.25) is 0 Å². The molecule has 0 aliphatic rings. The topological polar surface area (TPSA) is 185 Å². The van der Waals surface area contributed by atoms with Gasteiger partial charge in [-0.05, 0) is 24.1 Å². The van der Waals surface area contributed by atoms with E-state index in [1.54, 1.807) is 12.1 Å². The predicted octanol–water partition coefficient (Wildman–Crippen LogP) is 2.32. The molecule has 200 valence electrons. The van der Waals surface area contributed by atoms with Crippen molar-refractivity contribution in [2.24, 2.45) is 5.73 Å². The van der Waals surface area contributed by atoms with E-state index in [-0.39, 0.29) is 25.4 Å². The van der Waals surface area contributed by atoms with Gasteiger partial charge >= 0.3 is 11.8 Å². The average molecular weight is 519 g/mol. The summed E-state index contributed by atoms with van der Waals surface area (Å²) in [5.74, 6) is -3.08. The van der Waals surface area contributed by atoms with Crippen molar-refractivity contribution in [2.75, 3.05) is 10.6 Å². The molecule has 0 saturated carbocycles. The summed E-state index contributed by atoms with van der Waals surface area (Å²) < 4.78 is 18.5. The molecule has 0 unspecified atom stereocenters. The molecular formula is C24H31FN6O6. The fraction of sp³-hybridized carbons (Fsp3) is 0.417. The number of amides is 4. The third-order valence-corrected chi connectivity index (χ3v) is 5.15. The number of nitrogens with two attached hydrogens (primary N) is 1. The van der Waals surface area contributed by atoms with Crippen molar-refractivity contribution in [3.63, 3.8) is 0 Å². The van der Waals surface area contributed by atoms with Crippen molar-refractivity contribution < 1.29 is 28.3 Å². The first kappa shape index (κ1) is 28.9. The molecule has 1 aromatic carbocycles. The number of unbranched alkanes of at least 4 members (excludes halogenated alkanes) is 4. The van der Waals surface area contributed by atoms with Gasteiger partial charge in [-0.3, -0.25) is 24.7 Å². The Balaban J connectivity index is 1.86. The molecule has 1 atom stereocenters. The molecular weight excluding hydrogens is 487 g/mol. The van der Waals surface area contributed by atoms with Crippen LogP contribution in [-0.2, 0) is 25.7 Å². The maximum Gasteiger partial charge on any atom is 0.413 e. The lowest BCUT2D eigenvalue weighted by molar-refractivity contribution is -0.128. The van der Waals surface area contributed by atoms with Crippen molar-refractivity contribution in [1.29, 1.82) is 0 Å². The van der Waals surface area contributed by atoms with Crippen molar-refractivity contribution in [1.82, 2.24) is 15.3 Å². The smallest absolute Gasteiger partial charge is 0.413 e. The van der Waals surface area contributed by atoms with Gasteiger partial charge in [-0.25, -0.2) is 14.0 Å². The summed E-state index contributed by atoms with van der Waals surface area (Å²) in [6.45, 7) is 1.91. The summed E-state index contributed by atoms with van der Waals surface area (Å²) in [5, 5.41) is 7.23. The van der Waals surface area contributed by atoms with E-state index < -0.39 is 41.3 Å². The molecule has 0 fully saturated rings. The van der Waals surface area contributed by atoms with Crippen LogP contribution in [-0.4, -0.2) is 39.8 Å². The minimum Gasteiger partial charge on any atom is -0.444 e. The number of carbonyl (C=O) groups excluding carboxylic acids is 4. The normalized spacial score (nSPS) is 11.3. The van der Waals surface area contributed by atoms with Crippen LogP contribution in [0.4, 0.5) is 20.7 Å². The van der Waals surface area contributed by atoms with Gasteiger partial charge in [-0.15, -0.1) is 0 Å². The van der Waals surface area contributed by atoms with E-state index in [0.29, 0.717) is 23.9 Å². The lowest BCUT2D eigenvalue weighted by Crippen LogP contribution is -2.46. The number of hydrogen-bond donors (Lipinski definition) is 5. The van der Waals surface area contributed by atoms with E-state index in [1.165, 1.54) is 12.1 Å². The van der Waals surface area contributed by atoms with Gasteiger partial charge in [-0.1, -0.05) is 44.7 Å². The monoisotopic (exact) mass is 518 g/mol. The van der Waals surface area contributed by atoms with Gasteiger partial charge in [0.15, 0.2) is 11.6 Å². The molecule has 1 heterocycles. The number of aromatic nitrogens is 2. The van der Waals surface area contributed by atoms with Crippen LogP contribution in [0.1, 0.15) is 57.4 Å². The van der Waals surface area contributed by atoms with Gasteiger partial charge < -0.3 is 21.1 Å². The third kappa shape index (κ3) is 10.9. The highest BCUT2D eigenvalue weighted by Crippen LogP contribution is 2.13. The molecule has 2 aromatic rings. The molecule has 0 aliphatic heterocycles. The number of carbonyl (C=O) groups is 4. The van der Waals surface area contributed by atoms with E-state index >= 15 is 0 Å². The summed E-state index contributed by atoms with van der Waals surface area (Å²) >= 11 is 0. The van der Waals surface area contributed by atoms with Crippen LogP contribution in [0.25, 0.3) is 0 Å². The summed E-state index contributed by atoms with van der Waals surface area (Å²) in [6, 6.07) is 5.08. The number of primary amides is 1. The second-order valence-electron chi connectivity index (χ2n) is 8.25. The molecule has 0 aliphatic carbocycles. The first-order valence-electron chi connectivity index (χ1n) is 11.8. The number of hydrogen-bond acceptors (Lipinski definition) is 7. The van der Waals surface area contributed by atoms with Crippen LogP contribution < -0.4 is 27.4 Å². The van der Waals surface area contributed by atoms with Crippen molar-refractivity contribution in [2.45, 2.75) is 64.5 Å². The van der Waals surface area contributed by atoms with Crippen LogP contribution in [0.15, 0.2) is 35.3 Å². The van der Waals surface area contributed by atoms with E-state index in [9.17, 15) is 28.4 Å². The highest BCUT2D eigenvalue weighted by Gasteiger charge is 2.23. The number of anilines is 2. The van der Waals surface area contributed by atoms with E-state index in [1.807, 2.05) is 4.98 Å². The minimum atomic E-state index is -1.12. The van der Waals surface area contributed by atoms with Gasteiger partial charge in [0.05, 0.1) is 12.6 Å². The molecule has 0 saturated heterocycles. The number of benzene rings is 1. The number of rotatable bonds is 14. The number of aromatic amines is 1. The SMILES string of the molecule is CCCCCCCC(=O)N[C@H](CC(N)=O)C(=O)Nc1ccc(COC(=O)Nc2[nH]c(=O)ncc2F)cc1. The standard InChI is InChI=1S/C24H31FN6O6/c1-2-3-4-5-6-7-20(33)29-18(12-19(26)32)22(34)28-16-10-8-15(9-11-16)14-37-24(36)31-21-17(25)13-27-23(35)30-21/h8-11,13,18H,2-7,12,14H2,1H3,(H2,26,32)(H,28,34)(H,29,33)(H2,27,30,31,35,36)/t18-/m1/s1. The molecule has 1 aromatic heterocycles. The highest BCUT2D eigenvalue weighted by molar-refractivity contribution is 5.99. The predicted molar refractivity (Wildman–Crippen MR) is 133 cm³/mol. The summed E-state index contributed by atoms with van der Waals surface area (Å²) in [7, 11) is 0. The molecule has 0 radical (unpaired) electrons. The molecule has 0 spiro atoms. The number of nitrogens with zero attached hydrogens (tertiary/aromatic N) is 1. The number of halogens is 1. The second-order valence-corrected chi connectivity index (χ2v) is 8.25. The van der Waals surface area contributed by atoms with Crippen LogP contribution in [0.5, 0.6) is 0 Å². The fourth-order valence-electron chi connectivity index (χ4n) is 3.24. The Bertz CT molecular complexity index is 1140. The van der Waals surface area contributed by atoms with E-state index in [4.69, 9.17) is 10.5 Å². The van der Waals surface area contributed by atoms with E-state index in [0.717, 1.165) is 25.7 Å². The largest absolute Gasteiger partial charge is 0.444 e. The zero-order valence-corrected chi connectivity index (χ0v) is 20.5. The van der Waals surface area contributed by atoms with Gasteiger partial charge in [0.2, 0.25) is 17.7 Å². The first-order chi connectivity index (χ1) is 17.7. The van der Waals surface area contributed by atoms with Crippen molar-refractivity contribution >= 4 is 35.3 Å². The molecule has 2 rings (SSSR count). The van der Waals surface area contributed by atoms with Crippen LogP contribution >= 0.6 is 0 Å². The lowest BCUT2D eigenvalue weighted by Gasteiger charge is -2.17. The lowest BCUT2D eigenvalue weighted by atomic mass is 10.1. The Labute approximate surface area is 212 Å². The molecule has 13 heteroatoms. The van der Waals surface area contributed by atoms with Crippen LogP contribution in [0.3, 0.4) is 0 Å². The van der Waals surface area contributed by atoms with Gasteiger partial charge in [0.1, 0.15) is 12.6 Å². The molecule has 12 nitrogen and oxygen atoms in total. The number of nitrogens with one attached hydrogen (secondary N) is 4. The maximum absolute atomic E-state index is 13.5. The number of H-pyrrole nitrogens is 1. The Morgan fingerprint density at radius 2 is 1.78 bits per heavy atom. The highest BCUT2D eigenvalue weighted by atomic mass is 19.1. The first-order valence-corrected chi connectivity index (χ1v) is 11.8. The zero-order chi connectivity index (χ0) is 27.2. The van der Waals surface area contributed by atoms with Crippen molar-refractivity contribution in [3.05, 3.63) is 52.3 Å². The van der Waals surface area contributed by atoms with Gasteiger partial charge in [-0.2, -0.15) is 4.98 Å². The Morgan fingerprint density at radius 1 is 1.08 bits per heavy atom. The maximum atomic E-state index is 13.5. The third-order valence-electron chi connectivity index (χ3n) is 5.15. The summed E-state index contributed by atoms with van der Waals surface area (Å²) in [6.07, 6.45) is 4.37. The quantitative estimate of drug-likeness (QED) is 0.237. The zero-order valence-electron chi connectivity index (χ0n) is 20.5. The Morgan fingerprint density at radius 3 is 2.46 bits per heavy atom. The molecule has 4 amide bonds. The fourth-order valence-corrected chi connectivity index (χ4v) is 3.24. The van der Waals surface area contributed by atoms with Gasteiger partial charge in [0, 0.05) is 12.1 Å². The van der Waals surface area contributed by atoms with Gasteiger partial charge in [0.25, 0.3) is 0 Å². The molecule has 0 bridgehead atoms. The summed E-state index contributed by atoms with van der Waals surface area (Å²) in [5.41, 5.74) is 5.32. The molecule has 37 heavy (non-hydrogen) atoms. The Hall–Kier alpha value is -4.29. The number of ether oxygens (including phenoxy) is 1. The Kier molecular flexibility index (Phi) is 11.7.